The number of aromatic carboxylic acids is 1. The number of imide groups is 2. The molecule has 0 fully saturated rings. The van der Waals surface area contributed by atoms with Crippen LogP contribution in [0.5, 0.6) is 0 Å². The smallest absolute Gasteiger partial charge is 0.335 e. The van der Waals surface area contributed by atoms with Crippen LogP contribution in [-0.4, -0.2) is 44.7 Å². The summed E-state index contributed by atoms with van der Waals surface area (Å²) < 4.78 is 0. The molecule has 0 saturated heterocycles. The molecule has 4 heterocycles. The topological polar surface area (TPSA) is 138 Å². The van der Waals surface area contributed by atoms with Gasteiger partial charge in [0.1, 0.15) is 11.4 Å². The number of pyridine rings is 2. The minimum absolute atomic E-state index is 0.0683. The molecule has 10 heteroatoms. The highest BCUT2D eigenvalue weighted by Gasteiger charge is 2.40. The van der Waals surface area contributed by atoms with Gasteiger partial charge in [0.2, 0.25) is 0 Å². The van der Waals surface area contributed by atoms with Gasteiger partial charge in [0.15, 0.2) is 0 Å². The van der Waals surface area contributed by atoms with Gasteiger partial charge in [-0.25, -0.2) is 24.6 Å². The largest absolute Gasteiger partial charge is 0.478 e. The highest BCUT2D eigenvalue weighted by atomic mass is 16.4. The highest BCUT2D eigenvalue weighted by Crippen LogP contribution is 2.36. The molecule has 0 radical (unpaired) electrons. The van der Waals surface area contributed by atoms with Crippen molar-refractivity contribution >= 4 is 62.8 Å². The maximum Gasteiger partial charge on any atom is 0.335 e. The first-order chi connectivity index (χ1) is 26.7. The third-order valence-electron chi connectivity index (χ3n) is 9.31. The fraction of sp³-hybridized carbons (Fsp3) is 0. The minimum Gasteiger partial charge on any atom is -0.478 e. The predicted octanol–water partition coefficient (Wildman–Crippen LogP) is 6.88. The minimum atomic E-state index is -1.39. The monoisotopic (exact) mass is 714 g/mol. The van der Waals surface area contributed by atoms with Crippen molar-refractivity contribution in [1.82, 2.24) is 9.97 Å². The Morgan fingerprint density at radius 3 is 1.36 bits per heavy atom. The van der Waals surface area contributed by atoms with Gasteiger partial charge in [0, 0.05) is 21.9 Å². The summed E-state index contributed by atoms with van der Waals surface area (Å²) in [7, 11) is 0. The lowest BCUT2D eigenvalue weighted by Crippen LogP contribution is -2.32. The van der Waals surface area contributed by atoms with E-state index in [1.54, 1.807) is 24.3 Å². The first-order valence-corrected chi connectivity index (χ1v) is 16.9. The van der Waals surface area contributed by atoms with Crippen LogP contribution in [0.3, 0.4) is 0 Å². The fourth-order valence-electron chi connectivity index (χ4n) is 6.63. The van der Waals surface area contributed by atoms with Crippen molar-refractivity contribution in [3.63, 3.8) is 0 Å². The summed E-state index contributed by atoms with van der Waals surface area (Å²) in [6.07, 6.45) is 0. The molecule has 2 aromatic heterocycles. The number of carbonyl (C=O) groups is 5. The summed E-state index contributed by atoms with van der Waals surface area (Å²) in [6, 6.07) is 35.4. The Bertz CT molecular complexity index is 2840. The third kappa shape index (κ3) is 5.73. The Kier molecular flexibility index (Phi) is 7.59. The highest BCUT2D eigenvalue weighted by molar-refractivity contribution is 6.36. The molecule has 55 heavy (non-hydrogen) atoms. The zero-order chi connectivity index (χ0) is 37.8. The van der Waals surface area contributed by atoms with Crippen molar-refractivity contribution in [3.8, 4) is 23.7 Å². The standard InChI is InChI=1S/C45H22N4O6/c50-41-35-19-11-26(9-15-31-17-13-28-5-1-3-7-39(28)46-31)21-37(35)43(52)48(41)33-23-30(45(54)55)24-34(25-33)49-42(51)36-20-12-27(22-38(36)44(49)53)10-16-32-18-14-29-6-2-4-8-40(29)47-32/h1-8,11-14,17-25H,(H,54,55). The SMILES string of the molecule is O=C(O)c1cc(N2C(=O)c3ccc(C#Cc4ccc5ccccc5n4)cc3C2=O)cc(N2C(=O)c3ccc(C#Cc4ccc5ccccc5n4)cc3C2=O)c1. The zero-order valence-electron chi connectivity index (χ0n) is 28.4. The van der Waals surface area contributed by atoms with E-state index in [0.717, 1.165) is 43.7 Å². The van der Waals surface area contributed by atoms with Crippen molar-refractivity contribution in [2.45, 2.75) is 0 Å². The van der Waals surface area contributed by atoms with Crippen LogP contribution in [0.2, 0.25) is 0 Å². The molecule has 2 aliphatic rings. The first-order valence-electron chi connectivity index (χ1n) is 16.9. The second-order valence-corrected chi connectivity index (χ2v) is 12.7. The van der Waals surface area contributed by atoms with Gasteiger partial charge in [-0.3, -0.25) is 19.2 Å². The Morgan fingerprint density at radius 2 is 0.909 bits per heavy atom. The number of aromatic nitrogens is 2. The number of anilines is 2. The molecule has 0 bridgehead atoms. The fourth-order valence-corrected chi connectivity index (χ4v) is 6.63. The zero-order valence-corrected chi connectivity index (χ0v) is 28.4. The molecule has 0 aliphatic carbocycles. The average Bonchev–Trinajstić information content (AvgIpc) is 3.61. The molecule has 1 N–H and O–H groups in total. The van der Waals surface area contributed by atoms with E-state index in [0.29, 0.717) is 22.5 Å². The van der Waals surface area contributed by atoms with Crippen molar-refractivity contribution in [3.05, 3.63) is 178 Å². The summed E-state index contributed by atoms with van der Waals surface area (Å²) in [6.45, 7) is 0. The van der Waals surface area contributed by atoms with Crippen molar-refractivity contribution in [1.29, 1.82) is 0 Å². The first kappa shape index (κ1) is 32.7. The summed E-state index contributed by atoms with van der Waals surface area (Å²) in [4.78, 5) is 78.0. The molecular formula is C45H22N4O6. The second-order valence-electron chi connectivity index (χ2n) is 12.7. The number of carboxylic acids is 1. The van der Waals surface area contributed by atoms with E-state index in [1.807, 2.05) is 60.7 Å². The van der Waals surface area contributed by atoms with Crippen molar-refractivity contribution in [2.24, 2.45) is 0 Å². The predicted molar refractivity (Wildman–Crippen MR) is 204 cm³/mol. The number of amides is 4. The molecule has 4 amide bonds. The van der Waals surface area contributed by atoms with E-state index in [4.69, 9.17) is 0 Å². The number of carbonyl (C=O) groups excluding carboxylic acids is 4. The summed E-state index contributed by atoms with van der Waals surface area (Å²) >= 11 is 0. The maximum absolute atomic E-state index is 13.8. The Balaban J connectivity index is 1.01. The van der Waals surface area contributed by atoms with Crippen LogP contribution in [-0.2, 0) is 0 Å². The Labute approximate surface area is 312 Å². The van der Waals surface area contributed by atoms with E-state index in [9.17, 15) is 29.1 Å². The van der Waals surface area contributed by atoms with E-state index < -0.39 is 29.6 Å². The van der Waals surface area contributed by atoms with Crippen LogP contribution in [0.15, 0.2) is 127 Å². The number of hydrogen-bond acceptors (Lipinski definition) is 7. The van der Waals surface area contributed by atoms with Crippen LogP contribution >= 0.6 is 0 Å². The number of para-hydroxylation sites is 2. The number of benzene rings is 5. The van der Waals surface area contributed by atoms with Gasteiger partial charge in [-0.05, 0) is 90.7 Å². The maximum atomic E-state index is 13.8. The summed E-state index contributed by atoms with van der Waals surface area (Å²) in [5, 5.41) is 11.9. The molecule has 258 valence electrons. The molecule has 0 spiro atoms. The third-order valence-corrected chi connectivity index (χ3v) is 9.31. The van der Waals surface area contributed by atoms with Crippen molar-refractivity contribution in [2.75, 3.05) is 9.80 Å². The summed E-state index contributed by atoms with van der Waals surface area (Å²) in [5.74, 6) is 7.76. The van der Waals surface area contributed by atoms with E-state index in [-0.39, 0.29) is 39.2 Å². The number of rotatable bonds is 3. The lowest BCUT2D eigenvalue weighted by molar-refractivity contribution is 0.0694. The molecule has 5 aromatic carbocycles. The molecule has 7 aromatic rings. The molecule has 0 atom stereocenters. The normalized spacial score (nSPS) is 13.0. The molecular weight excluding hydrogens is 693 g/mol. The Morgan fingerprint density at radius 1 is 0.473 bits per heavy atom. The molecule has 10 nitrogen and oxygen atoms in total. The van der Waals surface area contributed by atoms with Gasteiger partial charge in [-0.1, -0.05) is 60.4 Å². The number of carboxylic acid groups (broad SMARTS) is 1. The van der Waals surface area contributed by atoms with Gasteiger partial charge in [-0.2, -0.15) is 0 Å². The van der Waals surface area contributed by atoms with E-state index in [2.05, 4.69) is 33.6 Å². The van der Waals surface area contributed by atoms with Crippen LogP contribution in [0.1, 0.15) is 74.3 Å². The Hall–Kier alpha value is -8.21. The van der Waals surface area contributed by atoms with Crippen LogP contribution in [0.25, 0.3) is 21.8 Å². The lowest BCUT2D eigenvalue weighted by Gasteiger charge is -2.20. The molecule has 0 unspecified atom stereocenters. The number of nitrogens with zero attached hydrogens (tertiary/aromatic N) is 4. The number of fused-ring (bicyclic) bond motifs is 4. The van der Waals surface area contributed by atoms with Gasteiger partial charge in [-0.15, -0.1) is 0 Å². The average molecular weight is 715 g/mol. The molecule has 9 rings (SSSR count). The lowest BCUT2D eigenvalue weighted by atomic mass is 10.1. The number of hydrogen-bond donors (Lipinski definition) is 1. The van der Waals surface area contributed by atoms with Crippen LogP contribution < -0.4 is 9.80 Å². The van der Waals surface area contributed by atoms with Crippen LogP contribution in [0.4, 0.5) is 11.4 Å². The van der Waals surface area contributed by atoms with Gasteiger partial charge in [0.05, 0.1) is 50.2 Å². The van der Waals surface area contributed by atoms with Gasteiger partial charge >= 0.3 is 5.97 Å². The quantitative estimate of drug-likeness (QED) is 0.155. The molecule has 2 aliphatic heterocycles. The second kappa shape index (κ2) is 12.8. The van der Waals surface area contributed by atoms with E-state index in [1.165, 1.54) is 30.3 Å². The van der Waals surface area contributed by atoms with E-state index >= 15 is 0 Å². The van der Waals surface area contributed by atoms with Crippen molar-refractivity contribution < 1.29 is 29.1 Å². The van der Waals surface area contributed by atoms with Crippen LogP contribution in [0, 0.1) is 23.7 Å². The van der Waals surface area contributed by atoms with Gasteiger partial charge < -0.3 is 5.11 Å². The summed E-state index contributed by atoms with van der Waals surface area (Å²) in [5.41, 5.74) is 3.27. The molecule has 0 saturated carbocycles. The van der Waals surface area contributed by atoms with Gasteiger partial charge in [0.25, 0.3) is 23.6 Å².